The largest absolute Gasteiger partial charge is 0.387 e. The summed E-state index contributed by atoms with van der Waals surface area (Å²) in [5.74, 6) is 1.93. The van der Waals surface area contributed by atoms with Crippen LogP contribution >= 0.6 is 0 Å². The van der Waals surface area contributed by atoms with Gasteiger partial charge in [-0.15, -0.1) is 0 Å². The summed E-state index contributed by atoms with van der Waals surface area (Å²) >= 11 is 0. The lowest BCUT2D eigenvalue weighted by Gasteiger charge is -2.34. The van der Waals surface area contributed by atoms with Crippen LogP contribution in [-0.2, 0) is 6.54 Å². The lowest BCUT2D eigenvalue weighted by atomic mass is 9.73. The Morgan fingerprint density at radius 3 is 2.82 bits per heavy atom. The minimum Gasteiger partial charge on any atom is -0.387 e. The molecule has 0 aromatic carbocycles. The molecule has 0 spiro atoms. The summed E-state index contributed by atoms with van der Waals surface area (Å²) in [7, 11) is 0. The van der Waals surface area contributed by atoms with Crippen molar-refractivity contribution in [3.05, 3.63) is 18.0 Å². The van der Waals surface area contributed by atoms with E-state index in [0.717, 1.165) is 36.9 Å². The maximum atomic E-state index is 10.5. The average Bonchev–Trinajstić information content (AvgIpc) is 2.80. The molecule has 1 fully saturated rings. The van der Waals surface area contributed by atoms with E-state index < -0.39 is 0 Å². The van der Waals surface area contributed by atoms with Gasteiger partial charge in [0.15, 0.2) is 0 Å². The Balaban J connectivity index is 2.07. The second-order valence-electron chi connectivity index (χ2n) is 5.54. The average molecular weight is 236 g/mol. The third-order valence-electron chi connectivity index (χ3n) is 4.44. The van der Waals surface area contributed by atoms with Crippen LogP contribution in [0.15, 0.2) is 12.3 Å². The SMILES string of the molecule is CCn1nccc1C(O)C1CCC(C)C(C)C1. The molecule has 4 atom stereocenters. The Labute approximate surface area is 104 Å². The molecular formula is C14H24N2O. The summed E-state index contributed by atoms with van der Waals surface area (Å²) in [5, 5.41) is 14.7. The summed E-state index contributed by atoms with van der Waals surface area (Å²) < 4.78 is 1.91. The fraction of sp³-hybridized carbons (Fsp3) is 0.786. The first-order chi connectivity index (χ1) is 8.13. The van der Waals surface area contributed by atoms with Crippen molar-refractivity contribution in [1.82, 2.24) is 9.78 Å². The zero-order chi connectivity index (χ0) is 12.4. The maximum absolute atomic E-state index is 10.5. The van der Waals surface area contributed by atoms with Crippen molar-refractivity contribution in [2.75, 3.05) is 0 Å². The van der Waals surface area contributed by atoms with E-state index in [1.807, 2.05) is 10.7 Å². The molecule has 96 valence electrons. The molecule has 3 heteroatoms. The number of aryl methyl sites for hydroxylation is 1. The van der Waals surface area contributed by atoms with Crippen LogP contribution in [-0.4, -0.2) is 14.9 Å². The minimum atomic E-state index is -0.340. The van der Waals surface area contributed by atoms with Crippen molar-refractivity contribution < 1.29 is 5.11 Å². The standard InChI is InChI=1S/C14H24N2O/c1-4-16-13(7-8-15-16)14(17)12-6-5-10(2)11(3)9-12/h7-8,10-12,14,17H,4-6,9H2,1-3H3. The first-order valence-electron chi connectivity index (χ1n) is 6.83. The lowest BCUT2D eigenvalue weighted by Crippen LogP contribution is -2.26. The van der Waals surface area contributed by atoms with E-state index in [-0.39, 0.29) is 6.10 Å². The number of rotatable bonds is 3. The highest BCUT2D eigenvalue weighted by Gasteiger charge is 2.31. The second-order valence-corrected chi connectivity index (χ2v) is 5.54. The zero-order valence-corrected chi connectivity index (χ0v) is 11.1. The van der Waals surface area contributed by atoms with Gasteiger partial charge in [-0.2, -0.15) is 5.10 Å². The van der Waals surface area contributed by atoms with Crippen LogP contribution in [0.3, 0.4) is 0 Å². The molecule has 1 N–H and O–H groups in total. The van der Waals surface area contributed by atoms with Crippen LogP contribution in [0.1, 0.15) is 51.8 Å². The van der Waals surface area contributed by atoms with E-state index in [9.17, 15) is 5.11 Å². The zero-order valence-electron chi connectivity index (χ0n) is 11.1. The summed E-state index contributed by atoms with van der Waals surface area (Å²) in [5.41, 5.74) is 0.985. The van der Waals surface area contributed by atoms with Gasteiger partial charge in [0.25, 0.3) is 0 Å². The summed E-state index contributed by atoms with van der Waals surface area (Å²) in [4.78, 5) is 0. The highest BCUT2D eigenvalue weighted by Crippen LogP contribution is 2.39. The van der Waals surface area contributed by atoms with Gasteiger partial charge in [0.05, 0.1) is 11.8 Å². The van der Waals surface area contributed by atoms with Gasteiger partial charge in [0, 0.05) is 12.7 Å². The predicted molar refractivity (Wildman–Crippen MR) is 68.5 cm³/mol. The Morgan fingerprint density at radius 1 is 1.41 bits per heavy atom. The second kappa shape index (κ2) is 5.21. The molecule has 1 aromatic heterocycles. The van der Waals surface area contributed by atoms with Crippen LogP contribution in [0.25, 0.3) is 0 Å². The topological polar surface area (TPSA) is 38.0 Å². The number of aliphatic hydroxyl groups is 1. The summed E-state index contributed by atoms with van der Waals surface area (Å²) in [6.07, 6.45) is 4.96. The minimum absolute atomic E-state index is 0.340. The van der Waals surface area contributed by atoms with E-state index in [1.165, 1.54) is 6.42 Å². The fourth-order valence-electron chi connectivity index (χ4n) is 2.98. The van der Waals surface area contributed by atoms with Crippen molar-refractivity contribution in [1.29, 1.82) is 0 Å². The first-order valence-corrected chi connectivity index (χ1v) is 6.83. The van der Waals surface area contributed by atoms with E-state index in [4.69, 9.17) is 0 Å². The van der Waals surface area contributed by atoms with Gasteiger partial charge in [0.1, 0.15) is 0 Å². The molecule has 0 bridgehead atoms. The van der Waals surface area contributed by atoms with Crippen molar-refractivity contribution >= 4 is 0 Å². The maximum Gasteiger partial charge on any atom is 0.0984 e. The quantitative estimate of drug-likeness (QED) is 0.876. The van der Waals surface area contributed by atoms with Crippen LogP contribution in [0, 0.1) is 17.8 Å². The number of aliphatic hydroxyl groups excluding tert-OH is 1. The first kappa shape index (κ1) is 12.6. The van der Waals surface area contributed by atoms with Gasteiger partial charge in [-0.1, -0.05) is 20.3 Å². The van der Waals surface area contributed by atoms with Gasteiger partial charge in [-0.25, -0.2) is 0 Å². The summed E-state index contributed by atoms with van der Waals surface area (Å²) in [6, 6.07) is 1.96. The smallest absolute Gasteiger partial charge is 0.0984 e. The Kier molecular flexibility index (Phi) is 3.87. The molecule has 1 aliphatic rings. The number of hydrogen-bond acceptors (Lipinski definition) is 2. The van der Waals surface area contributed by atoms with Crippen molar-refractivity contribution in [3.63, 3.8) is 0 Å². The number of nitrogens with zero attached hydrogens (tertiary/aromatic N) is 2. The molecule has 1 heterocycles. The van der Waals surface area contributed by atoms with E-state index in [0.29, 0.717) is 5.92 Å². The molecule has 0 amide bonds. The van der Waals surface area contributed by atoms with E-state index in [1.54, 1.807) is 6.20 Å². The van der Waals surface area contributed by atoms with Crippen LogP contribution in [0.5, 0.6) is 0 Å². The number of hydrogen-bond donors (Lipinski definition) is 1. The molecule has 1 aromatic rings. The lowest BCUT2D eigenvalue weighted by molar-refractivity contribution is 0.0499. The molecule has 17 heavy (non-hydrogen) atoms. The van der Waals surface area contributed by atoms with Gasteiger partial charge < -0.3 is 5.11 Å². The fourth-order valence-corrected chi connectivity index (χ4v) is 2.98. The highest BCUT2D eigenvalue weighted by molar-refractivity contribution is 5.06. The third kappa shape index (κ3) is 2.54. The van der Waals surface area contributed by atoms with E-state index in [2.05, 4.69) is 25.9 Å². The number of aromatic nitrogens is 2. The molecule has 0 saturated heterocycles. The molecule has 0 aliphatic heterocycles. The van der Waals surface area contributed by atoms with Crippen molar-refractivity contribution in [3.8, 4) is 0 Å². The van der Waals surface area contributed by atoms with Crippen LogP contribution < -0.4 is 0 Å². The van der Waals surface area contributed by atoms with Gasteiger partial charge >= 0.3 is 0 Å². The highest BCUT2D eigenvalue weighted by atomic mass is 16.3. The third-order valence-corrected chi connectivity index (χ3v) is 4.44. The van der Waals surface area contributed by atoms with Gasteiger partial charge in [-0.3, -0.25) is 4.68 Å². The summed E-state index contributed by atoms with van der Waals surface area (Å²) in [6.45, 7) is 7.52. The van der Waals surface area contributed by atoms with Gasteiger partial charge in [-0.05, 0) is 43.6 Å². The molecular weight excluding hydrogens is 212 g/mol. The molecule has 0 radical (unpaired) electrons. The molecule has 3 nitrogen and oxygen atoms in total. The van der Waals surface area contributed by atoms with Gasteiger partial charge in [0.2, 0.25) is 0 Å². The molecule has 1 saturated carbocycles. The molecule has 4 unspecified atom stereocenters. The van der Waals surface area contributed by atoms with Crippen LogP contribution in [0.4, 0.5) is 0 Å². The molecule has 1 aliphatic carbocycles. The van der Waals surface area contributed by atoms with Crippen molar-refractivity contribution in [2.45, 2.75) is 52.7 Å². The molecule has 2 rings (SSSR count). The normalized spacial score (nSPS) is 31.4. The Hall–Kier alpha value is -0.830. The monoisotopic (exact) mass is 236 g/mol. The van der Waals surface area contributed by atoms with E-state index >= 15 is 0 Å². The Morgan fingerprint density at radius 2 is 2.18 bits per heavy atom. The van der Waals surface area contributed by atoms with Crippen molar-refractivity contribution in [2.24, 2.45) is 17.8 Å². The van der Waals surface area contributed by atoms with Crippen LogP contribution in [0.2, 0.25) is 0 Å². The predicted octanol–water partition coefficient (Wildman–Crippen LogP) is 3.01. The Bertz CT molecular complexity index is 361.